The Hall–Kier alpha value is -2.24. The Balaban J connectivity index is 1.93. The number of benzene rings is 1. The molecule has 2 rings (SSSR count). The Morgan fingerprint density at radius 2 is 2.11 bits per heavy atom. The first kappa shape index (κ1) is 12.2. The summed E-state index contributed by atoms with van der Waals surface area (Å²) in [4.78, 5) is 22.5. The second kappa shape index (κ2) is 5.39. The van der Waals surface area contributed by atoms with Crippen molar-refractivity contribution in [3.05, 3.63) is 24.3 Å². The summed E-state index contributed by atoms with van der Waals surface area (Å²) in [5.41, 5.74) is 0.578. The summed E-state index contributed by atoms with van der Waals surface area (Å²) in [5.74, 6) is 0.374. The molecule has 0 aliphatic heterocycles. The Kier molecular flexibility index (Phi) is 3.66. The normalized spacial score (nSPS) is 13.6. The second-order valence-corrected chi connectivity index (χ2v) is 4.04. The highest BCUT2D eigenvalue weighted by molar-refractivity contribution is 5.89. The standard InChI is InChI=1S/C12H15N3O3/c1-13-12(17)18-10-4-2-3-9(7-10)15-11(16)14-8-5-6-8/h2-4,7-8H,5-6H2,1H3,(H,13,17)(H2,14,15,16). The van der Waals surface area contributed by atoms with Crippen LogP contribution in [0.1, 0.15) is 12.8 Å². The minimum Gasteiger partial charge on any atom is -0.410 e. The molecule has 1 aromatic carbocycles. The van der Waals surface area contributed by atoms with Crippen molar-refractivity contribution in [2.24, 2.45) is 0 Å². The highest BCUT2D eigenvalue weighted by Crippen LogP contribution is 2.20. The highest BCUT2D eigenvalue weighted by atomic mass is 16.5. The van der Waals surface area contributed by atoms with E-state index in [1.807, 2.05) is 0 Å². The lowest BCUT2D eigenvalue weighted by Crippen LogP contribution is -2.30. The van der Waals surface area contributed by atoms with Crippen molar-refractivity contribution in [2.45, 2.75) is 18.9 Å². The molecule has 0 bridgehead atoms. The molecule has 0 spiro atoms. The van der Waals surface area contributed by atoms with E-state index >= 15 is 0 Å². The number of nitrogens with one attached hydrogen (secondary N) is 3. The van der Waals surface area contributed by atoms with E-state index in [4.69, 9.17) is 4.74 Å². The van der Waals surface area contributed by atoms with Crippen LogP contribution in [0.25, 0.3) is 0 Å². The minimum absolute atomic E-state index is 0.241. The van der Waals surface area contributed by atoms with Crippen molar-refractivity contribution >= 4 is 17.8 Å². The van der Waals surface area contributed by atoms with Crippen LogP contribution in [-0.4, -0.2) is 25.2 Å². The summed E-state index contributed by atoms with van der Waals surface area (Å²) in [5, 5.41) is 7.83. The molecule has 1 aromatic rings. The van der Waals surface area contributed by atoms with Gasteiger partial charge in [0.05, 0.1) is 0 Å². The van der Waals surface area contributed by atoms with Crippen LogP contribution in [0.3, 0.4) is 0 Å². The van der Waals surface area contributed by atoms with Crippen LogP contribution < -0.4 is 20.7 Å². The Morgan fingerprint density at radius 1 is 1.33 bits per heavy atom. The van der Waals surface area contributed by atoms with Crippen molar-refractivity contribution in [3.63, 3.8) is 0 Å². The average molecular weight is 249 g/mol. The summed E-state index contributed by atoms with van der Waals surface area (Å²) in [6.45, 7) is 0. The molecule has 1 saturated carbocycles. The molecule has 0 aromatic heterocycles. The maximum atomic E-state index is 11.5. The molecule has 96 valence electrons. The van der Waals surface area contributed by atoms with Crippen LogP contribution >= 0.6 is 0 Å². The molecule has 0 radical (unpaired) electrons. The molecular weight excluding hydrogens is 234 g/mol. The van der Waals surface area contributed by atoms with Gasteiger partial charge in [-0.15, -0.1) is 0 Å². The van der Waals surface area contributed by atoms with Gasteiger partial charge < -0.3 is 20.7 Å². The molecule has 0 atom stereocenters. The maximum absolute atomic E-state index is 11.5. The van der Waals surface area contributed by atoms with E-state index in [9.17, 15) is 9.59 Å². The molecular formula is C12H15N3O3. The topological polar surface area (TPSA) is 79.5 Å². The first-order valence-electron chi connectivity index (χ1n) is 5.74. The number of hydrogen-bond donors (Lipinski definition) is 3. The van der Waals surface area contributed by atoms with E-state index in [1.165, 1.54) is 7.05 Å². The number of carbonyl (C=O) groups is 2. The van der Waals surface area contributed by atoms with Gasteiger partial charge in [-0.1, -0.05) is 6.07 Å². The van der Waals surface area contributed by atoms with Gasteiger partial charge in [-0.3, -0.25) is 0 Å². The van der Waals surface area contributed by atoms with Crippen LogP contribution in [0.15, 0.2) is 24.3 Å². The lowest BCUT2D eigenvalue weighted by atomic mass is 10.3. The Labute approximate surface area is 105 Å². The molecule has 1 fully saturated rings. The first-order chi connectivity index (χ1) is 8.67. The highest BCUT2D eigenvalue weighted by Gasteiger charge is 2.23. The molecule has 1 aliphatic carbocycles. The Morgan fingerprint density at radius 3 is 2.78 bits per heavy atom. The third-order valence-electron chi connectivity index (χ3n) is 2.42. The lowest BCUT2D eigenvalue weighted by Gasteiger charge is -2.08. The zero-order valence-corrected chi connectivity index (χ0v) is 10.0. The van der Waals surface area contributed by atoms with Gasteiger partial charge in [-0.2, -0.15) is 0 Å². The van der Waals surface area contributed by atoms with E-state index < -0.39 is 6.09 Å². The number of hydrogen-bond acceptors (Lipinski definition) is 3. The van der Waals surface area contributed by atoms with Crippen LogP contribution in [0.2, 0.25) is 0 Å². The summed E-state index contributed by atoms with van der Waals surface area (Å²) in [6, 6.07) is 6.71. The summed E-state index contributed by atoms with van der Waals surface area (Å²) in [7, 11) is 1.48. The van der Waals surface area contributed by atoms with Crippen LogP contribution in [0.4, 0.5) is 15.3 Å². The summed E-state index contributed by atoms with van der Waals surface area (Å²) in [6.07, 6.45) is 1.52. The van der Waals surface area contributed by atoms with Gasteiger partial charge in [0.1, 0.15) is 5.75 Å². The van der Waals surface area contributed by atoms with Gasteiger partial charge >= 0.3 is 12.1 Å². The molecule has 0 unspecified atom stereocenters. The number of rotatable bonds is 3. The van der Waals surface area contributed by atoms with Gasteiger partial charge in [-0.25, -0.2) is 9.59 Å². The van der Waals surface area contributed by atoms with Gasteiger partial charge in [-0.05, 0) is 25.0 Å². The smallest absolute Gasteiger partial charge is 0.410 e. The van der Waals surface area contributed by atoms with Gasteiger partial charge in [0, 0.05) is 24.8 Å². The minimum atomic E-state index is -0.547. The van der Waals surface area contributed by atoms with Gasteiger partial charge in [0.2, 0.25) is 0 Å². The van der Waals surface area contributed by atoms with E-state index in [0.717, 1.165) is 12.8 Å². The van der Waals surface area contributed by atoms with Crippen molar-refractivity contribution in [3.8, 4) is 5.75 Å². The molecule has 3 N–H and O–H groups in total. The Bertz CT molecular complexity index is 458. The van der Waals surface area contributed by atoms with Gasteiger partial charge in [0.15, 0.2) is 0 Å². The lowest BCUT2D eigenvalue weighted by molar-refractivity contribution is 0.203. The molecule has 6 heteroatoms. The molecule has 1 aliphatic rings. The van der Waals surface area contributed by atoms with E-state index in [1.54, 1.807) is 24.3 Å². The summed E-state index contributed by atoms with van der Waals surface area (Å²) < 4.78 is 4.96. The second-order valence-electron chi connectivity index (χ2n) is 4.04. The number of anilines is 1. The van der Waals surface area contributed by atoms with E-state index in [-0.39, 0.29) is 6.03 Å². The van der Waals surface area contributed by atoms with Crippen molar-refractivity contribution in [1.29, 1.82) is 0 Å². The fraction of sp³-hybridized carbons (Fsp3) is 0.333. The predicted molar refractivity (Wildman–Crippen MR) is 66.7 cm³/mol. The van der Waals surface area contributed by atoms with Crippen LogP contribution in [0, 0.1) is 0 Å². The van der Waals surface area contributed by atoms with E-state index in [0.29, 0.717) is 17.5 Å². The SMILES string of the molecule is CNC(=O)Oc1cccc(NC(=O)NC2CC2)c1. The quantitative estimate of drug-likeness (QED) is 0.762. The molecule has 18 heavy (non-hydrogen) atoms. The third kappa shape index (κ3) is 3.65. The molecule has 0 saturated heterocycles. The summed E-state index contributed by atoms with van der Waals surface area (Å²) >= 11 is 0. The predicted octanol–water partition coefficient (Wildman–Crippen LogP) is 1.69. The maximum Gasteiger partial charge on any atom is 0.412 e. The first-order valence-corrected chi connectivity index (χ1v) is 5.74. The fourth-order valence-corrected chi connectivity index (χ4v) is 1.38. The zero-order chi connectivity index (χ0) is 13.0. The monoisotopic (exact) mass is 249 g/mol. The third-order valence-corrected chi connectivity index (χ3v) is 2.42. The van der Waals surface area contributed by atoms with Crippen LogP contribution in [0.5, 0.6) is 5.75 Å². The fourth-order valence-electron chi connectivity index (χ4n) is 1.38. The zero-order valence-electron chi connectivity index (χ0n) is 10.0. The number of carbonyl (C=O) groups excluding carboxylic acids is 2. The van der Waals surface area contributed by atoms with E-state index in [2.05, 4.69) is 16.0 Å². The van der Waals surface area contributed by atoms with Crippen LogP contribution in [-0.2, 0) is 0 Å². The largest absolute Gasteiger partial charge is 0.412 e. The molecule has 6 nitrogen and oxygen atoms in total. The van der Waals surface area contributed by atoms with Gasteiger partial charge in [0.25, 0.3) is 0 Å². The average Bonchev–Trinajstić information content (AvgIpc) is 3.13. The van der Waals surface area contributed by atoms with Crippen molar-refractivity contribution in [1.82, 2.24) is 10.6 Å². The number of amides is 3. The van der Waals surface area contributed by atoms with Crippen molar-refractivity contribution < 1.29 is 14.3 Å². The number of urea groups is 1. The van der Waals surface area contributed by atoms with Crippen molar-refractivity contribution in [2.75, 3.05) is 12.4 Å². The number of ether oxygens (including phenoxy) is 1. The molecule has 0 heterocycles. The molecule has 3 amide bonds.